The fourth-order valence-corrected chi connectivity index (χ4v) is 2.97. The van der Waals surface area contributed by atoms with Crippen LogP contribution in [0.1, 0.15) is 32.1 Å². The van der Waals surface area contributed by atoms with Gasteiger partial charge in [-0.1, -0.05) is 0 Å². The molecule has 0 aromatic rings. The van der Waals surface area contributed by atoms with E-state index in [1.54, 1.807) is 0 Å². The number of rotatable bonds is 2. The summed E-state index contributed by atoms with van der Waals surface area (Å²) in [5, 5.41) is 19.9. The fraction of sp³-hybridized carbons (Fsp3) is 1.00. The Balaban J connectivity index is 2.21. The van der Waals surface area contributed by atoms with Crippen LogP contribution in [0, 0.1) is 5.41 Å². The number of ether oxygens (including phenoxy) is 1. The topological polar surface area (TPSA) is 49.7 Å². The largest absolute Gasteiger partial charge is 0.396 e. The molecule has 2 aliphatic rings. The second-order valence-electron chi connectivity index (χ2n) is 5.16. The van der Waals surface area contributed by atoms with E-state index in [1.807, 2.05) is 0 Å². The molecule has 0 amide bonds. The summed E-state index contributed by atoms with van der Waals surface area (Å²) in [7, 11) is 0. The molecule has 2 unspecified atom stereocenters. The third-order valence-electron chi connectivity index (χ3n) is 4.08. The average molecular weight is 236 g/mol. The number of aliphatic hydroxyl groups is 2. The quantitative estimate of drug-likeness (QED) is 0.760. The molecule has 2 fully saturated rings. The summed E-state index contributed by atoms with van der Waals surface area (Å²) in [5.74, 6) is -2.77. The van der Waals surface area contributed by atoms with Crippen molar-refractivity contribution < 1.29 is 23.7 Å². The van der Waals surface area contributed by atoms with E-state index in [9.17, 15) is 19.0 Å². The molecule has 1 aliphatic carbocycles. The molecule has 2 rings (SSSR count). The van der Waals surface area contributed by atoms with Crippen LogP contribution in [0.15, 0.2) is 0 Å². The first-order valence-corrected chi connectivity index (χ1v) is 5.72. The first-order chi connectivity index (χ1) is 7.43. The number of alkyl halides is 2. The molecular weight excluding hydrogens is 218 g/mol. The van der Waals surface area contributed by atoms with Crippen LogP contribution in [0.3, 0.4) is 0 Å². The maximum absolute atomic E-state index is 13.3. The zero-order valence-corrected chi connectivity index (χ0v) is 9.22. The highest BCUT2D eigenvalue weighted by molar-refractivity contribution is 5.06. The molecule has 16 heavy (non-hydrogen) atoms. The van der Waals surface area contributed by atoms with Gasteiger partial charge in [0.15, 0.2) is 0 Å². The molecule has 2 N–H and O–H groups in total. The Morgan fingerprint density at radius 3 is 2.38 bits per heavy atom. The molecule has 0 spiro atoms. The summed E-state index contributed by atoms with van der Waals surface area (Å²) in [6.45, 7) is 0.215. The van der Waals surface area contributed by atoms with E-state index in [1.165, 1.54) is 0 Å². The van der Waals surface area contributed by atoms with Crippen LogP contribution < -0.4 is 0 Å². The van der Waals surface area contributed by atoms with E-state index in [2.05, 4.69) is 0 Å². The van der Waals surface area contributed by atoms with Gasteiger partial charge in [-0.3, -0.25) is 0 Å². The van der Waals surface area contributed by atoms with Crippen molar-refractivity contribution in [2.75, 3.05) is 19.8 Å². The van der Waals surface area contributed by atoms with Crippen molar-refractivity contribution in [2.24, 2.45) is 5.41 Å². The standard InChI is InChI=1S/C11H18F2O3/c12-11(13)4-3-9(6-11,7-14)10(15)2-1-5-16-8-10/h14-15H,1-8H2. The third-order valence-corrected chi connectivity index (χ3v) is 4.08. The summed E-state index contributed by atoms with van der Waals surface area (Å²) in [6, 6.07) is 0. The van der Waals surface area contributed by atoms with E-state index in [0.717, 1.165) is 0 Å². The highest BCUT2D eigenvalue weighted by atomic mass is 19.3. The number of hydrogen-bond acceptors (Lipinski definition) is 3. The lowest BCUT2D eigenvalue weighted by atomic mass is 9.68. The minimum Gasteiger partial charge on any atom is -0.396 e. The Morgan fingerprint density at radius 1 is 1.19 bits per heavy atom. The summed E-state index contributed by atoms with van der Waals surface area (Å²) in [6.07, 6.45) is 0.566. The Bertz CT molecular complexity index is 264. The van der Waals surface area contributed by atoms with Gasteiger partial charge in [-0.15, -0.1) is 0 Å². The van der Waals surface area contributed by atoms with E-state index >= 15 is 0 Å². The average Bonchev–Trinajstić information content (AvgIpc) is 2.57. The van der Waals surface area contributed by atoms with Crippen molar-refractivity contribution >= 4 is 0 Å². The van der Waals surface area contributed by atoms with Crippen molar-refractivity contribution in [1.82, 2.24) is 0 Å². The molecule has 1 heterocycles. The van der Waals surface area contributed by atoms with Crippen LogP contribution in [-0.4, -0.2) is 41.6 Å². The highest BCUT2D eigenvalue weighted by Crippen LogP contribution is 2.54. The lowest BCUT2D eigenvalue weighted by molar-refractivity contribution is -0.181. The van der Waals surface area contributed by atoms with E-state index in [4.69, 9.17) is 4.74 Å². The van der Waals surface area contributed by atoms with Gasteiger partial charge in [0.2, 0.25) is 5.92 Å². The van der Waals surface area contributed by atoms with Crippen LogP contribution in [0.2, 0.25) is 0 Å². The van der Waals surface area contributed by atoms with Crippen molar-refractivity contribution in [3.8, 4) is 0 Å². The molecule has 0 radical (unpaired) electrons. The molecule has 3 nitrogen and oxygen atoms in total. The summed E-state index contributed by atoms with van der Waals surface area (Å²) in [5.41, 5.74) is -2.38. The van der Waals surface area contributed by atoms with Gasteiger partial charge in [-0.05, 0) is 19.3 Å². The maximum atomic E-state index is 13.3. The second-order valence-corrected chi connectivity index (χ2v) is 5.16. The zero-order chi connectivity index (χ0) is 11.9. The van der Waals surface area contributed by atoms with Crippen molar-refractivity contribution in [2.45, 2.75) is 43.6 Å². The van der Waals surface area contributed by atoms with Crippen LogP contribution in [-0.2, 0) is 4.74 Å². The summed E-state index contributed by atoms with van der Waals surface area (Å²) in [4.78, 5) is 0. The van der Waals surface area contributed by atoms with Crippen LogP contribution >= 0.6 is 0 Å². The third kappa shape index (κ3) is 1.85. The van der Waals surface area contributed by atoms with Crippen molar-refractivity contribution in [3.05, 3.63) is 0 Å². The minimum atomic E-state index is -2.77. The molecule has 1 aliphatic heterocycles. The first kappa shape index (κ1) is 12.2. The van der Waals surface area contributed by atoms with Gasteiger partial charge < -0.3 is 14.9 Å². The first-order valence-electron chi connectivity index (χ1n) is 5.72. The normalized spacial score (nSPS) is 43.5. The van der Waals surface area contributed by atoms with Gasteiger partial charge >= 0.3 is 0 Å². The van der Waals surface area contributed by atoms with Crippen LogP contribution in [0.4, 0.5) is 8.78 Å². The molecule has 0 bridgehead atoms. The fourth-order valence-electron chi connectivity index (χ4n) is 2.97. The number of aliphatic hydroxyl groups excluding tert-OH is 1. The van der Waals surface area contributed by atoms with E-state index in [-0.39, 0.29) is 19.4 Å². The Labute approximate surface area is 93.4 Å². The monoisotopic (exact) mass is 236 g/mol. The number of halogens is 2. The Morgan fingerprint density at radius 2 is 1.94 bits per heavy atom. The molecule has 94 valence electrons. The zero-order valence-electron chi connectivity index (χ0n) is 9.22. The van der Waals surface area contributed by atoms with Gasteiger partial charge in [-0.25, -0.2) is 8.78 Å². The molecule has 5 heteroatoms. The second kappa shape index (κ2) is 3.89. The van der Waals surface area contributed by atoms with Gasteiger partial charge in [0, 0.05) is 24.9 Å². The molecule has 1 saturated carbocycles. The van der Waals surface area contributed by atoms with E-state index < -0.39 is 30.0 Å². The smallest absolute Gasteiger partial charge is 0.248 e. The van der Waals surface area contributed by atoms with Crippen molar-refractivity contribution in [3.63, 3.8) is 0 Å². The minimum absolute atomic E-state index is 0.0592. The summed E-state index contributed by atoms with van der Waals surface area (Å²) >= 11 is 0. The molecule has 0 aromatic carbocycles. The SMILES string of the molecule is OCC1(C2(O)CCCOC2)CCC(F)(F)C1. The van der Waals surface area contributed by atoms with Gasteiger partial charge in [0.25, 0.3) is 0 Å². The summed E-state index contributed by atoms with van der Waals surface area (Å²) < 4.78 is 31.8. The maximum Gasteiger partial charge on any atom is 0.248 e. The van der Waals surface area contributed by atoms with Gasteiger partial charge in [0.05, 0.1) is 18.8 Å². The molecule has 2 atom stereocenters. The highest BCUT2D eigenvalue weighted by Gasteiger charge is 2.59. The lowest BCUT2D eigenvalue weighted by Gasteiger charge is -2.46. The van der Waals surface area contributed by atoms with Gasteiger partial charge in [-0.2, -0.15) is 0 Å². The molecule has 1 saturated heterocycles. The molecular formula is C11H18F2O3. The van der Waals surface area contributed by atoms with Crippen LogP contribution in [0.5, 0.6) is 0 Å². The Hall–Kier alpha value is -0.260. The Kier molecular flexibility index (Phi) is 2.97. The lowest BCUT2D eigenvalue weighted by Crippen LogP contribution is -2.55. The molecule has 0 aromatic heterocycles. The van der Waals surface area contributed by atoms with E-state index in [0.29, 0.717) is 19.4 Å². The van der Waals surface area contributed by atoms with Crippen LogP contribution in [0.25, 0.3) is 0 Å². The van der Waals surface area contributed by atoms with Gasteiger partial charge in [0.1, 0.15) is 0 Å². The van der Waals surface area contributed by atoms with Crippen molar-refractivity contribution in [1.29, 1.82) is 0 Å². The predicted octanol–water partition coefficient (Wildman–Crippen LogP) is 1.33. The predicted molar refractivity (Wildman–Crippen MR) is 53.3 cm³/mol. The number of hydrogen-bond donors (Lipinski definition) is 2.